The van der Waals surface area contributed by atoms with Crippen LogP contribution in [0.5, 0.6) is 11.5 Å². The average molecular weight is 436 g/mol. The fourth-order valence-electron chi connectivity index (χ4n) is 3.78. The Bertz CT molecular complexity index is 1030. The zero-order valence-electron chi connectivity index (χ0n) is 19.5. The summed E-state index contributed by atoms with van der Waals surface area (Å²) in [4.78, 5) is 18.1. The molecule has 0 bridgehead atoms. The number of para-hydroxylation sites is 1. The van der Waals surface area contributed by atoms with Gasteiger partial charge in [-0.15, -0.1) is 0 Å². The Kier molecular flexibility index (Phi) is 7.95. The molecule has 2 N–H and O–H groups in total. The predicted molar refractivity (Wildman–Crippen MR) is 131 cm³/mol. The summed E-state index contributed by atoms with van der Waals surface area (Å²) in [5.74, 6) is 1.03. The summed E-state index contributed by atoms with van der Waals surface area (Å²) in [6.45, 7) is 10.1. The van der Waals surface area contributed by atoms with Crippen LogP contribution >= 0.6 is 0 Å². The van der Waals surface area contributed by atoms with Gasteiger partial charge in [-0.2, -0.15) is 0 Å². The van der Waals surface area contributed by atoms with Crippen LogP contribution in [0.1, 0.15) is 33.4 Å². The predicted octanol–water partition coefficient (Wildman–Crippen LogP) is 5.33. The third-order valence-corrected chi connectivity index (χ3v) is 5.33. The quantitative estimate of drug-likeness (QED) is 0.423. The number of anilines is 1. The number of carbonyl (C=O) groups is 1. The summed E-state index contributed by atoms with van der Waals surface area (Å²) in [6, 6.07) is 16.3. The third kappa shape index (κ3) is 6.14. The molecule has 6 heteroatoms. The van der Waals surface area contributed by atoms with Crippen molar-refractivity contribution in [2.75, 3.05) is 25.6 Å². The summed E-state index contributed by atoms with van der Waals surface area (Å²) in [5.41, 5.74) is 2.56. The van der Waals surface area contributed by atoms with Gasteiger partial charge >= 0.3 is 0 Å². The Morgan fingerprint density at radius 2 is 1.81 bits per heavy atom. The Morgan fingerprint density at radius 1 is 1.06 bits per heavy atom. The Morgan fingerprint density at radius 3 is 2.50 bits per heavy atom. The van der Waals surface area contributed by atoms with Crippen LogP contribution in [0.3, 0.4) is 0 Å². The molecule has 0 unspecified atom stereocenters. The second-order valence-corrected chi connectivity index (χ2v) is 8.27. The molecule has 3 rings (SSSR count). The molecule has 32 heavy (non-hydrogen) atoms. The molecule has 0 spiro atoms. The number of fused-ring (bicyclic) bond motifs is 1. The molecule has 3 aromatic rings. The summed E-state index contributed by atoms with van der Waals surface area (Å²) in [7, 11) is 1.61. The van der Waals surface area contributed by atoms with Gasteiger partial charge in [0, 0.05) is 47.7 Å². The van der Waals surface area contributed by atoms with Gasteiger partial charge in [-0.1, -0.05) is 18.2 Å². The fraction of sp³-hybridized carbons (Fsp3) is 0.346. The number of benzene rings is 2. The minimum absolute atomic E-state index is 0.217. The van der Waals surface area contributed by atoms with Gasteiger partial charge in [0.25, 0.3) is 0 Å². The smallest absolute Gasteiger partial charge is 0.248 e. The number of nitrogens with one attached hydrogen (secondary N) is 2. The zero-order chi connectivity index (χ0) is 23.1. The highest BCUT2D eigenvalue weighted by atomic mass is 16.5. The van der Waals surface area contributed by atoms with Crippen LogP contribution in [0.15, 0.2) is 54.6 Å². The maximum absolute atomic E-state index is 12.4. The van der Waals surface area contributed by atoms with Crippen molar-refractivity contribution in [3.8, 4) is 11.5 Å². The molecule has 0 aliphatic carbocycles. The number of methoxy groups -OCH3 is 1. The summed E-state index contributed by atoms with van der Waals surface area (Å²) in [6.07, 6.45) is 3.28. The van der Waals surface area contributed by atoms with Crippen LogP contribution in [0.2, 0.25) is 0 Å². The molecule has 1 aromatic heterocycles. The lowest BCUT2D eigenvalue weighted by molar-refractivity contribution is -0.111. The van der Waals surface area contributed by atoms with Crippen LogP contribution in [-0.4, -0.2) is 48.1 Å². The van der Waals surface area contributed by atoms with Crippen molar-refractivity contribution < 1.29 is 14.3 Å². The van der Waals surface area contributed by atoms with E-state index >= 15 is 0 Å². The highest BCUT2D eigenvalue weighted by molar-refractivity contribution is 6.02. The first kappa shape index (κ1) is 23.4. The van der Waals surface area contributed by atoms with Gasteiger partial charge in [-0.25, -0.2) is 0 Å². The minimum atomic E-state index is -0.217. The Hall–Kier alpha value is -3.25. The van der Waals surface area contributed by atoms with E-state index in [0.717, 1.165) is 23.1 Å². The lowest BCUT2D eigenvalue weighted by atomic mass is 10.2. The number of nitrogens with zero attached hydrogens (tertiary/aromatic N) is 1. The topological polar surface area (TPSA) is 66.6 Å². The van der Waals surface area contributed by atoms with E-state index in [-0.39, 0.29) is 5.91 Å². The third-order valence-electron chi connectivity index (χ3n) is 5.33. The zero-order valence-corrected chi connectivity index (χ0v) is 19.5. The van der Waals surface area contributed by atoms with Crippen LogP contribution in [0, 0.1) is 0 Å². The number of aromatic nitrogens is 1. The number of ether oxygens (including phenoxy) is 2. The van der Waals surface area contributed by atoms with Gasteiger partial charge in [0.1, 0.15) is 6.61 Å². The normalized spacial score (nSPS) is 11.8. The highest BCUT2D eigenvalue weighted by Gasteiger charge is 2.14. The molecule has 170 valence electrons. The number of rotatable bonds is 10. The SMILES string of the molecule is COc1ccc(NC(=O)/C=C/c2cc3ccccc3[nH]2)cc1OCCN(C(C)C)C(C)C. The van der Waals surface area contributed by atoms with E-state index in [4.69, 9.17) is 9.47 Å². The van der Waals surface area contributed by atoms with E-state index in [0.29, 0.717) is 35.9 Å². The second kappa shape index (κ2) is 10.9. The second-order valence-electron chi connectivity index (χ2n) is 8.27. The lowest BCUT2D eigenvalue weighted by Crippen LogP contribution is -2.39. The van der Waals surface area contributed by atoms with Crippen molar-refractivity contribution in [2.24, 2.45) is 0 Å². The van der Waals surface area contributed by atoms with Crippen molar-refractivity contribution in [1.82, 2.24) is 9.88 Å². The maximum Gasteiger partial charge on any atom is 0.248 e. The summed E-state index contributed by atoms with van der Waals surface area (Å²) in [5, 5.41) is 4.00. The first-order valence-electron chi connectivity index (χ1n) is 11.0. The summed E-state index contributed by atoms with van der Waals surface area (Å²) < 4.78 is 11.4. The van der Waals surface area contributed by atoms with Crippen LogP contribution in [0.4, 0.5) is 5.69 Å². The largest absolute Gasteiger partial charge is 0.493 e. The van der Waals surface area contributed by atoms with Crippen molar-refractivity contribution in [1.29, 1.82) is 0 Å². The molecule has 0 saturated heterocycles. The fourth-order valence-corrected chi connectivity index (χ4v) is 3.78. The highest BCUT2D eigenvalue weighted by Crippen LogP contribution is 2.30. The number of aromatic amines is 1. The molecule has 0 aliphatic rings. The van der Waals surface area contributed by atoms with Gasteiger partial charge in [-0.05, 0) is 63.4 Å². The molecular weight excluding hydrogens is 402 g/mol. The molecule has 2 aromatic carbocycles. The van der Waals surface area contributed by atoms with Gasteiger partial charge in [0.05, 0.1) is 7.11 Å². The van der Waals surface area contributed by atoms with Gasteiger partial charge in [0.2, 0.25) is 5.91 Å². The number of hydrogen-bond donors (Lipinski definition) is 2. The van der Waals surface area contributed by atoms with Crippen molar-refractivity contribution in [3.63, 3.8) is 0 Å². The molecule has 0 radical (unpaired) electrons. The maximum atomic E-state index is 12.4. The molecule has 6 nitrogen and oxygen atoms in total. The van der Waals surface area contributed by atoms with Crippen LogP contribution in [0.25, 0.3) is 17.0 Å². The number of hydrogen-bond acceptors (Lipinski definition) is 4. The van der Waals surface area contributed by atoms with E-state index in [1.807, 2.05) is 30.3 Å². The number of amides is 1. The van der Waals surface area contributed by atoms with E-state index in [9.17, 15) is 4.79 Å². The van der Waals surface area contributed by atoms with Crippen LogP contribution < -0.4 is 14.8 Å². The minimum Gasteiger partial charge on any atom is -0.493 e. The van der Waals surface area contributed by atoms with Crippen LogP contribution in [-0.2, 0) is 4.79 Å². The summed E-state index contributed by atoms with van der Waals surface area (Å²) >= 11 is 0. The molecule has 0 aliphatic heterocycles. The Labute approximate surface area is 190 Å². The van der Waals surface area contributed by atoms with Crippen molar-refractivity contribution in [3.05, 3.63) is 60.3 Å². The molecule has 1 amide bonds. The first-order valence-corrected chi connectivity index (χ1v) is 11.0. The monoisotopic (exact) mass is 435 g/mol. The first-order chi connectivity index (χ1) is 15.4. The number of H-pyrrole nitrogens is 1. The van der Waals surface area contributed by atoms with Crippen molar-refractivity contribution >= 4 is 28.6 Å². The van der Waals surface area contributed by atoms with E-state index in [1.54, 1.807) is 31.4 Å². The molecule has 0 fully saturated rings. The van der Waals surface area contributed by atoms with Gasteiger partial charge < -0.3 is 19.8 Å². The van der Waals surface area contributed by atoms with E-state index in [2.05, 4.69) is 42.9 Å². The standard InChI is InChI=1S/C26H33N3O3/c1-18(2)29(19(3)4)14-15-32-25-17-22(10-12-24(25)31-5)28-26(30)13-11-21-16-20-8-6-7-9-23(20)27-21/h6-13,16-19,27H,14-15H2,1-5H3,(H,28,30)/b13-11+. The van der Waals surface area contributed by atoms with Gasteiger partial charge in [-0.3, -0.25) is 9.69 Å². The number of carbonyl (C=O) groups excluding carboxylic acids is 1. The van der Waals surface area contributed by atoms with E-state index in [1.165, 1.54) is 6.08 Å². The molecular formula is C26H33N3O3. The average Bonchev–Trinajstić information content (AvgIpc) is 3.18. The molecule has 0 atom stereocenters. The van der Waals surface area contributed by atoms with Crippen molar-refractivity contribution in [2.45, 2.75) is 39.8 Å². The Balaban J connectivity index is 1.62. The lowest BCUT2D eigenvalue weighted by Gasteiger charge is -2.30. The van der Waals surface area contributed by atoms with E-state index < -0.39 is 0 Å². The molecule has 0 saturated carbocycles. The van der Waals surface area contributed by atoms with Gasteiger partial charge in [0.15, 0.2) is 11.5 Å². The molecule has 1 heterocycles.